The average molecular weight is 254 g/mol. The molecule has 16 heavy (non-hydrogen) atoms. The van der Waals surface area contributed by atoms with Gasteiger partial charge in [-0.3, -0.25) is 0 Å². The molecule has 1 aromatic heterocycles. The molecule has 4 heteroatoms. The minimum atomic E-state index is -0.779. The van der Waals surface area contributed by atoms with E-state index in [0.29, 0.717) is 15.7 Å². The number of rotatable bonds is 2. The summed E-state index contributed by atoms with van der Waals surface area (Å²) in [5.41, 5.74) is 1.32. The minimum Gasteiger partial charge on any atom is -0.384 e. The number of aliphatic hydroxyl groups excluding tert-OH is 1. The van der Waals surface area contributed by atoms with Crippen LogP contribution < -0.4 is 0 Å². The third kappa shape index (κ3) is 2.35. The molecule has 82 valence electrons. The highest BCUT2D eigenvalue weighted by atomic mass is 35.5. The fraction of sp³-hybridized carbons (Fsp3) is 0.0833. The molecule has 1 atom stereocenters. The number of aliphatic hydroxyl groups is 1. The predicted molar refractivity (Wildman–Crippen MR) is 64.8 cm³/mol. The second-order valence-electron chi connectivity index (χ2n) is 3.34. The van der Waals surface area contributed by atoms with Crippen molar-refractivity contribution in [2.75, 3.05) is 0 Å². The molecule has 1 N–H and O–H groups in total. The Hall–Kier alpha value is -1.09. The molecule has 0 bridgehead atoms. The van der Waals surface area contributed by atoms with Crippen LogP contribution in [0.25, 0.3) is 0 Å². The van der Waals surface area contributed by atoms with Crippen molar-refractivity contribution >= 4 is 23.2 Å². The second-order valence-corrected chi connectivity index (χ2v) is 4.13. The van der Waals surface area contributed by atoms with Crippen LogP contribution in [-0.2, 0) is 0 Å². The van der Waals surface area contributed by atoms with E-state index in [4.69, 9.17) is 23.2 Å². The number of hydrogen-bond acceptors (Lipinski definition) is 2. The summed E-state index contributed by atoms with van der Waals surface area (Å²) in [7, 11) is 0. The summed E-state index contributed by atoms with van der Waals surface area (Å²) >= 11 is 11.7. The quantitative estimate of drug-likeness (QED) is 0.832. The number of halogens is 2. The zero-order valence-corrected chi connectivity index (χ0v) is 9.78. The summed E-state index contributed by atoms with van der Waals surface area (Å²) in [6.45, 7) is 0. The van der Waals surface area contributed by atoms with Crippen molar-refractivity contribution < 1.29 is 5.11 Å². The van der Waals surface area contributed by atoms with Gasteiger partial charge in [0.05, 0.1) is 0 Å². The summed E-state index contributed by atoms with van der Waals surface area (Å²) in [5.74, 6) is 0. The van der Waals surface area contributed by atoms with Crippen LogP contribution in [0.5, 0.6) is 0 Å². The highest BCUT2D eigenvalue weighted by Crippen LogP contribution is 2.27. The van der Waals surface area contributed by atoms with E-state index in [1.54, 1.807) is 42.6 Å². The maximum Gasteiger partial charge on any atom is 0.135 e. The summed E-state index contributed by atoms with van der Waals surface area (Å²) in [6, 6.07) is 10.5. The van der Waals surface area contributed by atoms with Gasteiger partial charge in [-0.05, 0) is 23.8 Å². The van der Waals surface area contributed by atoms with Gasteiger partial charge in [0.1, 0.15) is 11.3 Å². The monoisotopic (exact) mass is 253 g/mol. The third-order valence-electron chi connectivity index (χ3n) is 2.27. The molecule has 2 nitrogen and oxygen atoms in total. The SMILES string of the molecule is OC(c1ccc(Cl)cc1)c1cccnc1Cl. The topological polar surface area (TPSA) is 33.1 Å². The van der Waals surface area contributed by atoms with E-state index < -0.39 is 6.10 Å². The van der Waals surface area contributed by atoms with Crippen molar-refractivity contribution in [3.8, 4) is 0 Å². The zero-order chi connectivity index (χ0) is 11.5. The summed E-state index contributed by atoms with van der Waals surface area (Å²) in [6.07, 6.45) is 0.805. The Balaban J connectivity index is 2.35. The van der Waals surface area contributed by atoms with Gasteiger partial charge in [-0.25, -0.2) is 4.98 Å². The summed E-state index contributed by atoms with van der Waals surface area (Å²) in [4.78, 5) is 3.92. The molecule has 0 aliphatic carbocycles. The first-order valence-electron chi connectivity index (χ1n) is 4.72. The van der Waals surface area contributed by atoms with E-state index >= 15 is 0 Å². The van der Waals surface area contributed by atoms with Gasteiger partial charge in [0.25, 0.3) is 0 Å². The highest BCUT2D eigenvalue weighted by Gasteiger charge is 2.13. The first-order valence-corrected chi connectivity index (χ1v) is 5.48. The van der Waals surface area contributed by atoms with Crippen LogP contribution >= 0.6 is 23.2 Å². The van der Waals surface area contributed by atoms with Gasteiger partial charge in [0.2, 0.25) is 0 Å². The van der Waals surface area contributed by atoms with Crippen LogP contribution in [0, 0.1) is 0 Å². The number of hydrogen-bond donors (Lipinski definition) is 1. The first kappa shape index (κ1) is 11.4. The van der Waals surface area contributed by atoms with Crippen molar-refractivity contribution in [1.82, 2.24) is 4.98 Å². The van der Waals surface area contributed by atoms with Crippen LogP contribution in [0.15, 0.2) is 42.6 Å². The van der Waals surface area contributed by atoms with Crippen molar-refractivity contribution in [3.05, 3.63) is 63.9 Å². The lowest BCUT2D eigenvalue weighted by molar-refractivity contribution is 0.220. The molecule has 2 aromatic rings. The molecule has 0 spiro atoms. The van der Waals surface area contributed by atoms with Crippen molar-refractivity contribution in [3.63, 3.8) is 0 Å². The highest BCUT2D eigenvalue weighted by molar-refractivity contribution is 6.30. The smallest absolute Gasteiger partial charge is 0.135 e. The van der Waals surface area contributed by atoms with E-state index in [1.807, 2.05) is 0 Å². The van der Waals surface area contributed by atoms with Crippen molar-refractivity contribution in [2.45, 2.75) is 6.10 Å². The van der Waals surface area contributed by atoms with Gasteiger partial charge < -0.3 is 5.11 Å². The molecule has 0 aliphatic heterocycles. The molecular weight excluding hydrogens is 245 g/mol. The number of pyridine rings is 1. The first-order chi connectivity index (χ1) is 7.68. The number of aromatic nitrogens is 1. The molecule has 1 unspecified atom stereocenters. The summed E-state index contributed by atoms with van der Waals surface area (Å²) in [5, 5.41) is 11.0. The van der Waals surface area contributed by atoms with Crippen LogP contribution in [0.4, 0.5) is 0 Å². The van der Waals surface area contributed by atoms with Crippen LogP contribution in [-0.4, -0.2) is 10.1 Å². The lowest BCUT2D eigenvalue weighted by Crippen LogP contribution is -2.00. The Labute approximate surface area is 103 Å². The standard InChI is InChI=1S/C12H9Cl2NO/c13-9-5-3-8(4-6-9)11(16)10-2-1-7-15-12(10)14/h1-7,11,16H. The third-order valence-corrected chi connectivity index (χ3v) is 2.84. The van der Waals surface area contributed by atoms with Gasteiger partial charge in [-0.2, -0.15) is 0 Å². The Morgan fingerprint density at radius 2 is 1.75 bits per heavy atom. The van der Waals surface area contributed by atoms with E-state index in [9.17, 15) is 5.11 Å². The number of benzene rings is 1. The molecule has 1 aromatic carbocycles. The van der Waals surface area contributed by atoms with E-state index in [0.717, 1.165) is 5.56 Å². The molecule has 0 radical (unpaired) electrons. The van der Waals surface area contributed by atoms with Gasteiger partial charge >= 0.3 is 0 Å². The van der Waals surface area contributed by atoms with E-state index in [-0.39, 0.29) is 0 Å². The second kappa shape index (κ2) is 4.83. The van der Waals surface area contributed by atoms with Crippen molar-refractivity contribution in [1.29, 1.82) is 0 Å². The molecular formula is C12H9Cl2NO. The predicted octanol–water partition coefficient (Wildman–Crippen LogP) is 3.47. The molecule has 0 saturated heterocycles. The Kier molecular flexibility index (Phi) is 3.44. The lowest BCUT2D eigenvalue weighted by atomic mass is 10.0. The average Bonchev–Trinajstić information content (AvgIpc) is 2.30. The summed E-state index contributed by atoms with van der Waals surface area (Å²) < 4.78 is 0. The maximum absolute atomic E-state index is 10.1. The normalized spacial score (nSPS) is 12.4. The zero-order valence-electron chi connectivity index (χ0n) is 8.27. The van der Waals surface area contributed by atoms with Gasteiger partial charge in [-0.1, -0.05) is 41.4 Å². The fourth-order valence-corrected chi connectivity index (χ4v) is 1.78. The molecule has 0 fully saturated rings. The molecule has 0 amide bonds. The van der Waals surface area contributed by atoms with Crippen molar-refractivity contribution in [2.24, 2.45) is 0 Å². The van der Waals surface area contributed by atoms with Gasteiger partial charge in [0.15, 0.2) is 0 Å². The lowest BCUT2D eigenvalue weighted by Gasteiger charge is -2.12. The molecule has 1 heterocycles. The van der Waals surface area contributed by atoms with Gasteiger partial charge in [-0.15, -0.1) is 0 Å². The fourth-order valence-electron chi connectivity index (χ4n) is 1.43. The van der Waals surface area contributed by atoms with Crippen LogP contribution in [0.1, 0.15) is 17.2 Å². The van der Waals surface area contributed by atoms with E-state index in [1.165, 1.54) is 0 Å². The Morgan fingerprint density at radius 1 is 1.06 bits per heavy atom. The van der Waals surface area contributed by atoms with E-state index in [2.05, 4.69) is 4.98 Å². The Bertz CT molecular complexity index is 485. The number of nitrogens with zero attached hydrogens (tertiary/aromatic N) is 1. The van der Waals surface area contributed by atoms with Crippen LogP contribution in [0.3, 0.4) is 0 Å². The molecule has 0 aliphatic rings. The largest absolute Gasteiger partial charge is 0.384 e. The Morgan fingerprint density at radius 3 is 2.38 bits per heavy atom. The maximum atomic E-state index is 10.1. The minimum absolute atomic E-state index is 0.310. The van der Waals surface area contributed by atoms with Crippen LogP contribution in [0.2, 0.25) is 10.2 Å². The molecule has 0 saturated carbocycles. The van der Waals surface area contributed by atoms with Gasteiger partial charge in [0, 0.05) is 16.8 Å². The molecule has 2 rings (SSSR count).